The van der Waals surface area contributed by atoms with Crippen molar-refractivity contribution in [2.75, 3.05) is 5.32 Å². The van der Waals surface area contributed by atoms with E-state index >= 15 is 0 Å². The minimum absolute atomic E-state index is 0.135. The molecule has 1 aromatic carbocycles. The molecule has 1 amide bonds. The summed E-state index contributed by atoms with van der Waals surface area (Å²) in [7, 11) is 0. The number of aromatic nitrogens is 1. The summed E-state index contributed by atoms with van der Waals surface area (Å²) >= 11 is 0. The topological polar surface area (TPSA) is 51.2 Å². The zero-order chi connectivity index (χ0) is 12.1. The predicted octanol–water partition coefficient (Wildman–Crippen LogP) is 2.83. The first-order chi connectivity index (χ1) is 8.24. The van der Waals surface area contributed by atoms with Gasteiger partial charge in [-0.15, -0.1) is 0 Å². The normalized spacial score (nSPS) is 9.71. The average molecular weight is 228 g/mol. The molecule has 0 fully saturated rings. The van der Waals surface area contributed by atoms with E-state index in [9.17, 15) is 4.79 Å². The maximum Gasteiger partial charge on any atom is 0.221 e. The van der Waals surface area contributed by atoms with Crippen LogP contribution in [0.3, 0.4) is 0 Å². The van der Waals surface area contributed by atoms with E-state index in [1.807, 2.05) is 30.3 Å². The number of ether oxygens (including phenoxy) is 1. The second kappa shape index (κ2) is 5.12. The van der Waals surface area contributed by atoms with Crippen LogP contribution < -0.4 is 10.1 Å². The van der Waals surface area contributed by atoms with Gasteiger partial charge in [0.25, 0.3) is 0 Å². The van der Waals surface area contributed by atoms with Gasteiger partial charge in [0.2, 0.25) is 5.91 Å². The first-order valence-corrected chi connectivity index (χ1v) is 5.19. The Morgan fingerprint density at radius 3 is 2.65 bits per heavy atom. The van der Waals surface area contributed by atoms with Gasteiger partial charge in [0.15, 0.2) is 0 Å². The van der Waals surface area contributed by atoms with Crippen LogP contribution in [0.25, 0.3) is 0 Å². The van der Waals surface area contributed by atoms with Crippen LogP contribution in [0, 0.1) is 0 Å². The summed E-state index contributed by atoms with van der Waals surface area (Å²) in [6.07, 6.45) is 3.16. The lowest BCUT2D eigenvalue weighted by Gasteiger charge is -2.06. The molecule has 0 unspecified atom stereocenters. The van der Waals surface area contributed by atoms with E-state index in [4.69, 9.17) is 4.74 Å². The van der Waals surface area contributed by atoms with Gasteiger partial charge in [0.05, 0.1) is 18.1 Å². The van der Waals surface area contributed by atoms with Gasteiger partial charge in [-0.05, 0) is 12.1 Å². The van der Waals surface area contributed by atoms with Crippen molar-refractivity contribution in [1.29, 1.82) is 0 Å². The minimum Gasteiger partial charge on any atom is -0.456 e. The first-order valence-electron chi connectivity index (χ1n) is 5.19. The molecular formula is C13H12N2O2. The van der Waals surface area contributed by atoms with Crippen LogP contribution >= 0.6 is 0 Å². The number of para-hydroxylation sites is 1. The summed E-state index contributed by atoms with van der Waals surface area (Å²) in [4.78, 5) is 14.9. The summed E-state index contributed by atoms with van der Waals surface area (Å²) < 4.78 is 5.59. The first kappa shape index (κ1) is 11.1. The summed E-state index contributed by atoms with van der Waals surface area (Å²) in [6.45, 7) is 1.45. The molecule has 0 radical (unpaired) electrons. The Morgan fingerprint density at radius 2 is 1.94 bits per heavy atom. The van der Waals surface area contributed by atoms with Gasteiger partial charge < -0.3 is 10.1 Å². The Hall–Kier alpha value is -2.36. The molecule has 0 atom stereocenters. The third-order valence-electron chi connectivity index (χ3n) is 2.01. The molecule has 0 spiro atoms. The Balaban J connectivity index is 2.14. The minimum atomic E-state index is -0.135. The number of carbonyl (C=O) groups is 1. The van der Waals surface area contributed by atoms with Crippen LogP contribution in [0.4, 0.5) is 5.69 Å². The molecule has 2 aromatic rings. The molecule has 0 bridgehead atoms. The molecule has 2 rings (SSSR count). The summed E-state index contributed by atoms with van der Waals surface area (Å²) in [6, 6.07) is 11.1. The average Bonchev–Trinajstić information content (AvgIpc) is 2.30. The standard InChI is InChI=1S/C13H12N2O2/c1-10(16)15-11-7-13(9-14-8-11)17-12-5-3-2-4-6-12/h2-9H,1H3,(H,15,16). The van der Waals surface area contributed by atoms with Crippen molar-refractivity contribution in [2.24, 2.45) is 0 Å². The molecule has 17 heavy (non-hydrogen) atoms. The summed E-state index contributed by atoms with van der Waals surface area (Å²) in [5.74, 6) is 1.18. The monoisotopic (exact) mass is 228 g/mol. The van der Waals surface area contributed by atoms with Crippen molar-refractivity contribution >= 4 is 11.6 Å². The third kappa shape index (κ3) is 3.31. The van der Waals surface area contributed by atoms with Crippen LogP contribution in [-0.4, -0.2) is 10.9 Å². The van der Waals surface area contributed by atoms with Crippen LogP contribution in [0.5, 0.6) is 11.5 Å². The number of amides is 1. The molecule has 4 heteroatoms. The van der Waals surface area contributed by atoms with Crippen LogP contribution in [0.15, 0.2) is 48.8 Å². The fourth-order valence-electron chi connectivity index (χ4n) is 1.37. The molecule has 1 heterocycles. The lowest BCUT2D eigenvalue weighted by Crippen LogP contribution is -2.05. The highest BCUT2D eigenvalue weighted by atomic mass is 16.5. The SMILES string of the molecule is CC(=O)Nc1cncc(Oc2ccccc2)c1. The number of hydrogen-bond donors (Lipinski definition) is 1. The number of nitrogens with one attached hydrogen (secondary N) is 1. The van der Waals surface area contributed by atoms with Crippen molar-refractivity contribution in [2.45, 2.75) is 6.92 Å². The van der Waals surface area contributed by atoms with E-state index in [1.54, 1.807) is 18.5 Å². The Labute approximate surface area is 99.3 Å². The quantitative estimate of drug-likeness (QED) is 0.878. The number of hydrogen-bond acceptors (Lipinski definition) is 3. The van der Waals surface area contributed by atoms with E-state index in [2.05, 4.69) is 10.3 Å². The van der Waals surface area contributed by atoms with Crippen molar-refractivity contribution < 1.29 is 9.53 Å². The van der Waals surface area contributed by atoms with Crippen LogP contribution in [-0.2, 0) is 4.79 Å². The molecule has 0 saturated heterocycles. The van der Waals surface area contributed by atoms with E-state index < -0.39 is 0 Å². The predicted molar refractivity (Wildman–Crippen MR) is 65.1 cm³/mol. The van der Waals surface area contributed by atoms with Gasteiger partial charge in [-0.2, -0.15) is 0 Å². The zero-order valence-electron chi connectivity index (χ0n) is 9.38. The van der Waals surface area contributed by atoms with Gasteiger partial charge in [-0.1, -0.05) is 18.2 Å². The molecule has 0 aliphatic rings. The Bertz CT molecular complexity index is 512. The number of benzene rings is 1. The van der Waals surface area contributed by atoms with E-state index in [0.29, 0.717) is 11.4 Å². The second-order valence-corrected chi connectivity index (χ2v) is 3.51. The van der Waals surface area contributed by atoms with Crippen molar-refractivity contribution in [3.8, 4) is 11.5 Å². The number of rotatable bonds is 3. The summed E-state index contributed by atoms with van der Waals surface area (Å²) in [5.41, 5.74) is 0.617. The highest BCUT2D eigenvalue weighted by Gasteiger charge is 2.00. The second-order valence-electron chi connectivity index (χ2n) is 3.51. The maximum absolute atomic E-state index is 10.9. The van der Waals surface area contributed by atoms with Crippen LogP contribution in [0.1, 0.15) is 6.92 Å². The number of pyridine rings is 1. The molecule has 1 aromatic heterocycles. The molecule has 86 valence electrons. The highest BCUT2D eigenvalue weighted by Crippen LogP contribution is 2.22. The van der Waals surface area contributed by atoms with Crippen molar-refractivity contribution in [3.63, 3.8) is 0 Å². The van der Waals surface area contributed by atoms with Gasteiger partial charge >= 0.3 is 0 Å². The molecule has 4 nitrogen and oxygen atoms in total. The Morgan fingerprint density at radius 1 is 1.18 bits per heavy atom. The van der Waals surface area contributed by atoms with Crippen molar-refractivity contribution in [3.05, 3.63) is 48.8 Å². The molecule has 0 aliphatic heterocycles. The maximum atomic E-state index is 10.9. The molecule has 1 N–H and O–H groups in total. The van der Waals surface area contributed by atoms with Crippen LogP contribution in [0.2, 0.25) is 0 Å². The van der Waals surface area contributed by atoms with Crippen molar-refractivity contribution in [1.82, 2.24) is 4.98 Å². The number of anilines is 1. The van der Waals surface area contributed by atoms with Gasteiger partial charge in [0, 0.05) is 13.0 Å². The fraction of sp³-hybridized carbons (Fsp3) is 0.0769. The van der Waals surface area contributed by atoms with E-state index in [0.717, 1.165) is 5.75 Å². The Kier molecular flexibility index (Phi) is 3.35. The molecule has 0 saturated carbocycles. The zero-order valence-corrected chi connectivity index (χ0v) is 9.38. The van der Waals surface area contributed by atoms with E-state index in [1.165, 1.54) is 6.92 Å². The van der Waals surface area contributed by atoms with Gasteiger partial charge in [-0.3, -0.25) is 9.78 Å². The van der Waals surface area contributed by atoms with Gasteiger partial charge in [-0.25, -0.2) is 0 Å². The van der Waals surface area contributed by atoms with Gasteiger partial charge in [0.1, 0.15) is 11.5 Å². The summed E-state index contributed by atoms with van der Waals surface area (Å²) in [5, 5.41) is 2.65. The fourth-order valence-corrected chi connectivity index (χ4v) is 1.37. The number of carbonyl (C=O) groups excluding carboxylic acids is 1. The number of nitrogens with zero attached hydrogens (tertiary/aromatic N) is 1. The highest BCUT2D eigenvalue weighted by molar-refractivity contribution is 5.88. The third-order valence-corrected chi connectivity index (χ3v) is 2.01. The molecular weight excluding hydrogens is 216 g/mol. The molecule has 0 aliphatic carbocycles. The smallest absolute Gasteiger partial charge is 0.221 e. The van der Waals surface area contributed by atoms with E-state index in [-0.39, 0.29) is 5.91 Å². The lowest BCUT2D eigenvalue weighted by molar-refractivity contribution is -0.114. The lowest BCUT2D eigenvalue weighted by atomic mass is 10.3. The largest absolute Gasteiger partial charge is 0.456 e.